The number of aromatic hydroxyl groups is 1. The summed E-state index contributed by atoms with van der Waals surface area (Å²) < 4.78 is 2.28. The third-order valence-electron chi connectivity index (χ3n) is 12.8. The van der Waals surface area contributed by atoms with Gasteiger partial charge in [0.05, 0.1) is 22.3 Å². The number of pyridine rings is 1. The molecule has 67 heavy (non-hydrogen) atoms. The molecule has 0 bridgehead atoms. The molecule has 2 aromatic heterocycles. The molecule has 5 heteroatoms. The SMILES string of the molecule is Cc1cc(C)cc(C(C)c2cc(-c3cc(-c4ccccc4)ccn3)[c-]c(-c3cccc4c3nc(-c3cccc(C(C)(C)C)c3O)n4-c3c(-c4ccccc4)cccc3-c3ccccc3)c2)c1.[Pt]. The Kier molecular flexibility index (Phi) is 12.5. The van der Waals surface area contributed by atoms with Crippen LogP contribution >= 0.6 is 0 Å². The third-order valence-corrected chi connectivity index (χ3v) is 12.8. The number of benzene rings is 8. The van der Waals surface area contributed by atoms with Crippen LogP contribution in [0.1, 0.15) is 61.4 Å². The van der Waals surface area contributed by atoms with Crippen molar-refractivity contribution < 1.29 is 26.2 Å². The van der Waals surface area contributed by atoms with Crippen LogP contribution in [-0.2, 0) is 26.5 Å². The van der Waals surface area contributed by atoms with Crippen molar-refractivity contribution in [1.82, 2.24) is 14.5 Å². The van der Waals surface area contributed by atoms with Crippen molar-refractivity contribution >= 4 is 11.0 Å². The summed E-state index contributed by atoms with van der Waals surface area (Å²) in [6.07, 6.45) is 1.90. The van der Waals surface area contributed by atoms with E-state index in [1.165, 1.54) is 16.7 Å². The van der Waals surface area contributed by atoms with Crippen LogP contribution in [0.4, 0.5) is 0 Å². The van der Waals surface area contributed by atoms with Crippen molar-refractivity contribution in [2.24, 2.45) is 0 Å². The largest absolute Gasteiger partial charge is 0.507 e. The first-order chi connectivity index (χ1) is 32.0. The first kappa shape index (κ1) is 45.0. The Morgan fingerprint density at radius 1 is 0.537 bits per heavy atom. The van der Waals surface area contributed by atoms with E-state index < -0.39 is 0 Å². The molecule has 0 amide bonds. The molecule has 0 aliphatic rings. The van der Waals surface area contributed by atoms with Crippen molar-refractivity contribution in [3.8, 4) is 78.6 Å². The molecule has 1 N–H and O–H groups in total. The number of phenolic OH excluding ortho intramolecular Hbond substituents is 1. The predicted molar refractivity (Wildman–Crippen MR) is 274 cm³/mol. The molecule has 4 nitrogen and oxygen atoms in total. The first-order valence-corrected chi connectivity index (χ1v) is 22.8. The van der Waals surface area contributed by atoms with E-state index >= 15 is 0 Å². The van der Waals surface area contributed by atoms with Gasteiger partial charge in [-0.25, -0.2) is 4.98 Å². The number of phenols is 1. The summed E-state index contributed by atoms with van der Waals surface area (Å²) in [4.78, 5) is 10.6. The quantitative estimate of drug-likeness (QED) is 0.147. The molecule has 0 aliphatic heterocycles. The second-order valence-corrected chi connectivity index (χ2v) is 18.5. The Labute approximate surface area is 409 Å². The average molecular weight is 1050 g/mol. The van der Waals surface area contributed by atoms with Gasteiger partial charge in [0.2, 0.25) is 0 Å². The third kappa shape index (κ3) is 8.83. The minimum atomic E-state index is -0.316. The molecule has 0 fully saturated rings. The molecular weight excluding hydrogens is 998 g/mol. The van der Waals surface area contributed by atoms with E-state index in [1.54, 1.807) is 0 Å². The van der Waals surface area contributed by atoms with E-state index in [0.717, 1.165) is 83.6 Å². The number of aromatic nitrogens is 3. The number of para-hydroxylation sites is 3. The maximum Gasteiger partial charge on any atom is 0.148 e. The van der Waals surface area contributed by atoms with Gasteiger partial charge in [0.25, 0.3) is 0 Å². The van der Waals surface area contributed by atoms with Gasteiger partial charge in [-0.15, -0.1) is 29.3 Å². The zero-order valence-electron chi connectivity index (χ0n) is 38.7. The number of imidazole rings is 1. The molecule has 1 unspecified atom stereocenters. The Morgan fingerprint density at radius 2 is 1.07 bits per heavy atom. The van der Waals surface area contributed by atoms with E-state index in [4.69, 9.17) is 9.97 Å². The van der Waals surface area contributed by atoms with Gasteiger partial charge in [-0.05, 0) is 76.8 Å². The summed E-state index contributed by atoms with van der Waals surface area (Å²) in [5.74, 6) is 0.950. The van der Waals surface area contributed by atoms with Crippen LogP contribution in [0.3, 0.4) is 0 Å². The summed E-state index contributed by atoms with van der Waals surface area (Å²) in [5.41, 5.74) is 18.9. The zero-order chi connectivity index (χ0) is 45.5. The van der Waals surface area contributed by atoms with E-state index in [1.807, 2.05) is 30.5 Å². The molecular formula is C62H52N3OPt-. The molecule has 332 valence electrons. The van der Waals surface area contributed by atoms with Gasteiger partial charge in [-0.2, -0.15) is 0 Å². The Morgan fingerprint density at radius 3 is 1.70 bits per heavy atom. The van der Waals surface area contributed by atoms with Gasteiger partial charge in [-0.3, -0.25) is 9.55 Å². The number of hydrogen-bond donors (Lipinski definition) is 1. The van der Waals surface area contributed by atoms with Crippen molar-refractivity contribution in [3.05, 3.63) is 228 Å². The Bertz CT molecular complexity index is 3310. The summed E-state index contributed by atoms with van der Waals surface area (Å²) >= 11 is 0. The fraction of sp³-hybridized carbons (Fsp3) is 0.129. The van der Waals surface area contributed by atoms with Crippen molar-refractivity contribution in [2.45, 2.75) is 52.9 Å². The second kappa shape index (κ2) is 18.6. The molecule has 1 atom stereocenters. The predicted octanol–water partition coefficient (Wildman–Crippen LogP) is 16.0. The Balaban J connectivity index is 0.00000562. The number of hydrogen-bond acceptors (Lipinski definition) is 3. The molecule has 8 aromatic carbocycles. The summed E-state index contributed by atoms with van der Waals surface area (Å²) in [6.45, 7) is 13.0. The zero-order valence-corrected chi connectivity index (χ0v) is 40.9. The fourth-order valence-corrected chi connectivity index (χ4v) is 9.50. The molecule has 10 aromatic rings. The van der Waals surface area contributed by atoms with Crippen LogP contribution in [0.2, 0.25) is 0 Å². The second-order valence-electron chi connectivity index (χ2n) is 18.5. The normalized spacial score (nSPS) is 11.9. The van der Waals surface area contributed by atoms with Crippen LogP contribution in [0.5, 0.6) is 5.75 Å². The molecule has 10 rings (SSSR count). The minimum absolute atomic E-state index is 0. The molecule has 0 saturated heterocycles. The van der Waals surface area contributed by atoms with Crippen LogP contribution < -0.4 is 0 Å². The first-order valence-electron chi connectivity index (χ1n) is 22.8. The average Bonchev–Trinajstić information content (AvgIpc) is 3.73. The van der Waals surface area contributed by atoms with Gasteiger partial charge in [-0.1, -0.05) is 208 Å². The van der Waals surface area contributed by atoms with E-state index in [-0.39, 0.29) is 38.1 Å². The van der Waals surface area contributed by atoms with Crippen molar-refractivity contribution in [1.29, 1.82) is 0 Å². The monoisotopic (exact) mass is 1050 g/mol. The van der Waals surface area contributed by atoms with E-state index in [2.05, 4.69) is 216 Å². The van der Waals surface area contributed by atoms with E-state index in [0.29, 0.717) is 11.4 Å². The number of fused-ring (bicyclic) bond motifs is 1. The molecule has 0 spiro atoms. The topological polar surface area (TPSA) is 50.9 Å². The number of nitrogens with zero attached hydrogens (tertiary/aromatic N) is 3. The molecule has 0 radical (unpaired) electrons. The Hall–Kier alpha value is -7.13. The van der Waals surface area contributed by atoms with Gasteiger partial charge in [0.15, 0.2) is 0 Å². The van der Waals surface area contributed by atoms with Crippen LogP contribution in [-0.4, -0.2) is 19.6 Å². The van der Waals surface area contributed by atoms with Gasteiger partial charge < -0.3 is 5.11 Å². The van der Waals surface area contributed by atoms with Crippen LogP contribution in [0, 0.1) is 19.9 Å². The van der Waals surface area contributed by atoms with Gasteiger partial charge >= 0.3 is 0 Å². The standard InChI is InChI=1S/C62H52N3O.Pt/c1-40-33-41(2)35-47(34-40)42(3)48-36-49(38-50(37-48)56-39-46(31-32-63-56)43-19-10-7-11-20-43)51-25-18-30-57-58(51)64-61(54-28-17-29-55(60(54)66)62(4,5)6)65(57)59-52(44-21-12-8-13-22-44)26-16-27-53(59)45-23-14-9-15-24-45;/h7-37,39,42,66H,1-6H3;/q-1;. The van der Waals surface area contributed by atoms with Gasteiger partial charge in [0, 0.05) is 44.1 Å². The van der Waals surface area contributed by atoms with Crippen LogP contribution in [0.25, 0.3) is 83.9 Å². The fourth-order valence-electron chi connectivity index (χ4n) is 9.50. The molecule has 0 saturated carbocycles. The summed E-state index contributed by atoms with van der Waals surface area (Å²) in [7, 11) is 0. The van der Waals surface area contributed by atoms with Crippen molar-refractivity contribution in [3.63, 3.8) is 0 Å². The van der Waals surface area contributed by atoms with E-state index in [9.17, 15) is 5.11 Å². The molecule has 0 aliphatic carbocycles. The van der Waals surface area contributed by atoms with Crippen LogP contribution in [0.15, 0.2) is 194 Å². The van der Waals surface area contributed by atoms with Gasteiger partial charge in [0.1, 0.15) is 11.6 Å². The number of aryl methyl sites for hydroxylation is 2. The minimum Gasteiger partial charge on any atom is -0.507 e. The summed E-state index contributed by atoms with van der Waals surface area (Å²) in [6, 6.07) is 70.0. The summed E-state index contributed by atoms with van der Waals surface area (Å²) in [5, 5.41) is 12.4. The van der Waals surface area contributed by atoms with Crippen molar-refractivity contribution in [2.75, 3.05) is 0 Å². The maximum atomic E-state index is 12.4. The molecule has 2 heterocycles. The smallest absolute Gasteiger partial charge is 0.148 e. The number of rotatable bonds is 9. The maximum absolute atomic E-state index is 12.4.